The molecular weight excluding hydrogens is 408 g/mol. The fourth-order valence-corrected chi connectivity index (χ4v) is 4.49. The molecule has 3 aromatic carbocycles. The Morgan fingerprint density at radius 3 is 2.29 bits per heavy atom. The van der Waals surface area contributed by atoms with Gasteiger partial charge in [-0.1, -0.05) is 42.8 Å². The van der Waals surface area contributed by atoms with E-state index >= 15 is 0 Å². The van der Waals surface area contributed by atoms with Crippen LogP contribution < -0.4 is 4.72 Å². The third kappa shape index (κ3) is 4.54. The normalized spacial score (nSPS) is 11.5. The summed E-state index contributed by atoms with van der Waals surface area (Å²) >= 11 is 0. The monoisotopic (exact) mass is 432 g/mol. The lowest BCUT2D eigenvalue weighted by Gasteiger charge is -2.09. The van der Waals surface area contributed by atoms with Crippen molar-refractivity contribution in [1.82, 2.24) is 4.98 Å². The Morgan fingerprint density at radius 1 is 0.935 bits per heavy atom. The topological polar surface area (TPSA) is 72.2 Å². The molecule has 0 radical (unpaired) electrons. The van der Waals surface area contributed by atoms with Crippen LogP contribution in [0.1, 0.15) is 23.6 Å². The molecule has 0 saturated heterocycles. The van der Waals surface area contributed by atoms with Crippen molar-refractivity contribution in [2.45, 2.75) is 32.1 Å². The highest BCUT2D eigenvalue weighted by Crippen LogP contribution is 2.28. The molecule has 4 aromatic rings. The molecule has 0 spiro atoms. The molecule has 1 heterocycles. The number of aromatic nitrogens is 1. The molecule has 4 rings (SSSR count). The Labute approximate surface area is 182 Å². The van der Waals surface area contributed by atoms with Gasteiger partial charge in [-0.25, -0.2) is 13.4 Å². The van der Waals surface area contributed by atoms with Gasteiger partial charge in [-0.15, -0.1) is 0 Å². The maximum atomic E-state index is 12.6. The first kappa shape index (κ1) is 20.9. The minimum absolute atomic E-state index is 0.236. The third-order valence-corrected chi connectivity index (χ3v) is 6.59. The van der Waals surface area contributed by atoms with Crippen LogP contribution in [0.5, 0.6) is 0 Å². The molecule has 0 bridgehead atoms. The van der Waals surface area contributed by atoms with Gasteiger partial charge >= 0.3 is 0 Å². The van der Waals surface area contributed by atoms with Gasteiger partial charge in [-0.3, -0.25) is 4.72 Å². The standard InChI is InChI=1S/C25H24N2O3S/c1-4-19-6-12-22(13-7-19)31(28,29)27-21-10-8-20(9-11-21)25-26-24(16-30-25)23-14-5-17(2)15-18(23)3/h5-16,27H,4H2,1-3H3. The molecule has 0 unspecified atom stereocenters. The summed E-state index contributed by atoms with van der Waals surface area (Å²) < 4.78 is 33.5. The van der Waals surface area contributed by atoms with Crippen molar-refractivity contribution in [3.8, 4) is 22.7 Å². The predicted octanol–water partition coefficient (Wildman–Crippen LogP) is 5.99. The van der Waals surface area contributed by atoms with Crippen LogP contribution in [0.4, 0.5) is 5.69 Å². The zero-order valence-electron chi connectivity index (χ0n) is 17.7. The van der Waals surface area contributed by atoms with Crippen molar-refractivity contribution in [3.63, 3.8) is 0 Å². The summed E-state index contributed by atoms with van der Waals surface area (Å²) in [5, 5.41) is 0. The van der Waals surface area contributed by atoms with E-state index in [0.29, 0.717) is 11.6 Å². The zero-order valence-corrected chi connectivity index (χ0v) is 18.5. The molecule has 5 nitrogen and oxygen atoms in total. The minimum atomic E-state index is -3.65. The molecule has 0 aliphatic heterocycles. The second-order valence-corrected chi connectivity index (χ2v) is 9.22. The highest BCUT2D eigenvalue weighted by atomic mass is 32.2. The van der Waals surface area contributed by atoms with Gasteiger partial charge in [-0.05, 0) is 67.8 Å². The van der Waals surface area contributed by atoms with E-state index in [2.05, 4.69) is 22.7 Å². The van der Waals surface area contributed by atoms with Crippen LogP contribution in [0, 0.1) is 13.8 Å². The van der Waals surface area contributed by atoms with Gasteiger partial charge in [0.1, 0.15) is 12.0 Å². The molecule has 0 amide bonds. The molecule has 6 heteroatoms. The SMILES string of the molecule is CCc1ccc(S(=O)(=O)Nc2ccc(-c3nc(-c4ccc(C)cc4C)co3)cc2)cc1. The molecule has 1 N–H and O–H groups in total. The fraction of sp³-hybridized carbons (Fsp3) is 0.160. The van der Waals surface area contributed by atoms with Crippen molar-refractivity contribution in [1.29, 1.82) is 0 Å². The number of sulfonamides is 1. The van der Waals surface area contributed by atoms with Crippen molar-refractivity contribution >= 4 is 15.7 Å². The summed E-state index contributed by atoms with van der Waals surface area (Å²) in [6.45, 7) is 6.14. The summed E-state index contributed by atoms with van der Waals surface area (Å²) in [6.07, 6.45) is 2.50. The number of oxazole rings is 1. The van der Waals surface area contributed by atoms with Gasteiger partial charge in [0.15, 0.2) is 0 Å². The molecule has 1 aromatic heterocycles. The van der Waals surface area contributed by atoms with Gasteiger partial charge in [-0.2, -0.15) is 0 Å². The Morgan fingerprint density at radius 2 is 1.65 bits per heavy atom. The highest BCUT2D eigenvalue weighted by molar-refractivity contribution is 7.92. The summed E-state index contributed by atoms with van der Waals surface area (Å²) in [5.41, 5.74) is 6.47. The minimum Gasteiger partial charge on any atom is -0.444 e. The lowest BCUT2D eigenvalue weighted by Crippen LogP contribution is -2.12. The zero-order chi connectivity index (χ0) is 22.0. The number of hydrogen-bond donors (Lipinski definition) is 1. The molecule has 31 heavy (non-hydrogen) atoms. The van der Waals surface area contributed by atoms with Crippen LogP contribution in [0.3, 0.4) is 0 Å². The number of rotatable bonds is 6. The van der Waals surface area contributed by atoms with Gasteiger partial charge in [0.05, 0.1) is 4.90 Å². The van der Waals surface area contributed by atoms with Crippen molar-refractivity contribution in [2.75, 3.05) is 4.72 Å². The maximum Gasteiger partial charge on any atom is 0.261 e. The lowest BCUT2D eigenvalue weighted by molar-refractivity contribution is 0.575. The smallest absolute Gasteiger partial charge is 0.261 e. The van der Waals surface area contributed by atoms with Crippen molar-refractivity contribution < 1.29 is 12.8 Å². The van der Waals surface area contributed by atoms with E-state index in [1.165, 1.54) is 5.56 Å². The highest BCUT2D eigenvalue weighted by Gasteiger charge is 2.15. The van der Waals surface area contributed by atoms with Crippen molar-refractivity contribution in [3.05, 3.63) is 89.7 Å². The van der Waals surface area contributed by atoms with Gasteiger partial charge in [0.2, 0.25) is 5.89 Å². The maximum absolute atomic E-state index is 12.6. The van der Waals surface area contributed by atoms with E-state index in [4.69, 9.17) is 4.42 Å². The number of hydrogen-bond acceptors (Lipinski definition) is 4. The Hall–Kier alpha value is -3.38. The van der Waals surface area contributed by atoms with Crippen LogP contribution in [-0.2, 0) is 16.4 Å². The first-order valence-electron chi connectivity index (χ1n) is 10.1. The van der Waals surface area contributed by atoms with Crippen LogP contribution in [0.25, 0.3) is 22.7 Å². The molecule has 158 valence electrons. The number of nitrogens with zero attached hydrogens (tertiary/aromatic N) is 1. The number of aryl methyl sites for hydroxylation is 3. The number of nitrogens with one attached hydrogen (secondary N) is 1. The van der Waals surface area contributed by atoms with Gasteiger partial charge in [0, 0.05) is 16.8 Å². The quantitative estimate of drug-likeness (QED) is 0.406. The summed E-state index contributed by atoms with van der Waals surface area (Å²) in [4.78, 5) is 4.84. The molecule has 0 atom stereocenters. The van der Waals surface area contributed by atoms with Crippen LogP contribution >= 0.6 is 0 Å². The summed E-state index contributed by atoms with van der Waals surface area (Å²) in [7, 11) is -3.65. The first-order valence-corrected chi connectivity index (χ1v) is 11.6. The van der Waals surface area contributed by atoms with Crippen molar-refractivity contribution in [2.24, 2.45) is 0 Å². The Balaban J connectivity index is 1.52. The number of benzene rings is 3. The summed E-state index contributed by atoms with van der Waals surface area (Å²) in [5.74, 6) is 0.486. The van der Waals surface area contributed by atoms with Crippen LogP contribution in [-0.4, -0.2) is 13.4 Å². The molecule has 0 aliphatic carbocycles. The van der Waals surface area contributed by atoms with Crippen LogP contribution in [0.2, 0.25) is 0 Å². The molecule has 0 saturated carbocycles. The van der Waals surface area contributed by atoms with E-state index in [0.717, 1.165) is 34.4 Å². The van der Waals surface area contributed by atoms with E-state index < -0.39 is 10.0 Å². The fourth-order valence-electron chi connectivity index (χ4n) is 3.43. The molecule has 0 aliphatic rings. The molecular formula is C25H24N2O3S. The second kappa shape index (κ2) is 8.40. The third-order valence-electron chi connectivity index (χ3n) is 5.19. The van der Waals surface area contributed by atoms with E-state index in [1.54, 1.807) is 42.7 Å². The summed E-state index contributed by atoms with van der Waals surface area (Å²) in [6, 6.07) is 20.1. The Kier molecular flexibility index (Phi) is 5.65. The average Bonchev–Trinajstić information content (AvgIpc) is 3.24. The number of anilines is 1. The van der Waals surface area contributed by atoms with Gasteiger partial charge < -0.3 is 4.42 Å². The van der Waals surface area contributed by atoms with Crippen LogP contribution in [0.15, 0.2) is 82.3 Å². The Bertz CT molecular complexity index is 1310. The van der Waals surface area contributed by atoms with E-state index in [1.807, 2.05) is 38.1 Å². The largest absolute Gasteiger partial charge is 0.444 e. The van der Waals surface area contributed by atoms with E-state index in [-0.39, 0.29) is 4.90 Å². The molecule has 0 fully saturated rings. The predicted molar refractivity (Wildman–Crippen MR) is 123 cm³/mol. The van der Waals surface area contributed by atoms with E-state index in [9.17, 15) is 8.42 Å². The lowest BCUT2D eigenvalue weighted by atomic mass is 10.0. The average molecular weight is 433 g/mol. The first-order chi connectivity index (χ1) is 14.9. The van der Waals surface area contributed by atoms with Gasteiger partial charge in [0.25, 0.3) is 10.0 Å². The second-order valence-electron chi connectivity index (χ2n) is 7.54.